The lowest BCUT2D eigenvalue weighted by Crippen LogP contribution is -2.41. The molecule has 9 heteroatoms. The molecular formula is C26H24FN3O4S. The van der Waals surface area contributed by atoms with Crippen LogP contribution in [-0.2, 0) is 15.6 Å². The number of benzene rings is 3. The summed E-state index contributed by atoms with van der Waals surface area (Å²) < 4.78 is 42.9. The molecule has 4 aromatic rings. The number of carbonyl (C=O) groups is 1. The average Bonchev–Trinajstić information content (AvgIpc) is 3.62. The van der Waals surface area contributed by atoms with Crippen LogP contribution in [0.2, 0.25) is 0 Å². The molecule has 0 unspecified atom stereocenters. The van der Waals surface area contributed by atoms with Gasteiger partial charge in [0.25, 0.3) is 5.91 Å². The van der Waals surface area contributed by atoms with E-state index in [0.29, 0.717) is 22.0 Å². The standard InChI is InChI=1S/C26H24FN3O4S/c1-26(2,15-6-5-7-17(12-15)35(33,34)30-16-10-11-16)29-25(32)19-14-23-20(13-21(19)27)24(31)18-8-3-4-9-22(18)28-23/h3-9,12-14,16,30H,10-11H2,1-2H3,(H,28,31)(H,29,32). The normalized spacial score (nSPS) is 14.4. The largest absolute Gasteiger partial charge is 0.354 e. The minimum absolute atomic E-state index is 0.0317. The summed E-state index contributed by atoms with van der Waals surface area (Å²) in [7, 11) is -3.67. The van der Waals surface area contributed by atoms with Crippen LogP contribution in [-0.4, -0.2) is 25.4 Å². The van der Waals surface area contributed by atoms with E-state index in [-0.39, 0.29) is 27.3 Å². The minimum atomic E-state index is -3.67. The maximum atomic E-state index is 15.0. The number of amides is 1. The van der Waals surface area contributed by atoms with E-state index >= 15 is 0 Å². The van der Waals surface area contributed by atoms with Crippen molar-refractivity contribution in [2.75, 3.05) is 0 Å². The second-order valence-corrected chi connectivity index (χ2v) is 11.1. The van der Waals surface area contributed by atoms with Crippen LogP contribution in [0.3, 0.4) is 0 Å². The van der Waals surface area contributed by atoms with Crippen molar-refractivity contribution in [3.05, 3.63) is 87.8 Å². The Morgan fingerprint density at radius 1 is 1.00 bits per heavy atom. The first kappa shape index (κ1) is 23.2. The van der Waals surface area contributed by atoms with Crippen LogP contribution in [0.5, 0.6) is 0 Å². The van der Waals surface area contributed by atoms with Crippen molar-refractivity contribution in [1.29, 1.82) is 0 Å². The number of nitrogens with one attached hydrogen (secondary N) is 3. The van der Waals surface area contributed by atoms with Gasteiger partial charge in [-0.05, 0) is 68.7 Å². The Balaban J connectivity index is 1.47. The zero-order valence-corrected chi connectivity index (χ0v) is 20.0. The summed E-state index contributed by atoms with van der Waals surface area (Å²) in [5.74, 6) is -1.51. The molecule has 1 aliphatic rings. The fraction of sp³-hybridized carbons (Fsp3) is 0.231. The molecule has 3 aromatic carbocycles. The molecular weight excluding hydrogens is 469 g/mol. The number of carbonyl (C=O) groups excluding carboxylic acids is 1. The number of sulfonamides is 1. The molecule has 5 rings (SSSR count). The summed E-state index contributed by atoms with van der Waals surface area (Å²) in [5, 5.41) is 3.38. The number of hydrogen-bond acceptors (Lipinski definition) is 4. The van der Waals surface area contributed by atoms with Gasteiger partial charge in [0.15, 0.2) is 5.43 Å². The molecule has 35 heavy (non-hydrogen) atoms. The third-order valence-electron chi connectivity index (χ3n) is 6.23. The Labute approximate surface area is 201 Å². The Hall–Kier alpha value is -3.56. The number of pyridine rings is 1. The maximum absolute atomic E-state index is 15.0. The summed E-state index contributed by atoms with van der Waals surface area (Å²) in [5.41, 5.74) is -0.0852. The highest BCUT2D eigenvalue weighted by Crippen LogP contribution is 2.27. The SMILES string of the molecule is CC(C)(NC(=O)c1cc2[nH]c3ccccc3c(=O)c2cc1F)c1cccc(S(=O)(=O)NC2CC2)c1. The molecule has 1 aromatic heterocycles. The van der Waals surface area contributed by atoms with Crippen molar-refractivity contribution in [2.45, 2.75) is 43.2 Å². The monoisotopic (exact) mass is 493 g/mol. The second kappa shape index (κ2) is 8.28. The molecule has 0 atom stereocenters. The van der Waals surface area contributed by atoms with Gasteiger partial charge < -0.3 is 10.3 Å². The van der Waals surface area contributed by atoms with Crippen molar-refractivity contribution in [1.82, 2.24) is 15.0 Å². The van der Waals surface area contributed by atoms with E-state index in [4.69, 9.17) is 0 Å². The summed E-state index contributed by atoms with van der Waals surface area (Å²) in [6.07, 6.45) is 1.64. The van der Waals surface area contributed by atoms with Gasteiger partial charge in [0.1, 0.15) is 5.82 Å². The smallest absolute Gasteiger partial charge is 0.255 e. The summed E-state index contributed by atoms with van der Waals surface area (Å²) >= 11 is 0. The van der Waals surface area contributed by atoms with Crippen molar-refractivity contribution >= 4 is 37.7 Å². The number of halogens is 1. The Morgan fingerprint density at radius 3 is 2.49 bits per heavy atom. The fourth-order valence-corrected chi connectivity index (χ4v) is 5.43. The Morgan fingerprint density at radius 2 is 1.74 bits per heavy atom. The predicted molar refractivity (Wildman–Crippen MR) is 132 cm³/mol. The summed E-state index contributed by atoms with van der Waals surface area (Å²) in [4.78, 5) is 29.1. The maximum Gasteiger partial charge on any atom is 0.255 e. The predicted octanol–water partition coefficient (Wildman–Crippen LogP) is 3.93. The van der Waals surface area contributed by atoms with Gasteiger partial charge in [-0.25, -0.2) is 17.5 Å². The molecule has 0 saturated heterocycles. The third kappa shape index (κ3) is 4.44. The number of aromatic nitrogens is 1. The highest BCUT2D eigenvalue weighted by Gasteiger charge is 2.30. The topological polar surface area (TPSA) is 108 Å². The van der Waals surface area contributed by atoms with Crippen molar-refractivity contribution in [3.63, 3.8) is 0 Å². The second-order valence-electron chi connectivity index (χ2n) is 9.38. The van der Waals surface area contributed by atoms with Crippen LogP contribution in [0, 0.1) is 5.82 Å². The molecule has 1 heterocycles. The van der Waals surface area contributed by atoms with Crippen molar-refractivity contribution in [3.8, 4) is 0 Å². The summed E-state index contributed by atoms with van der Waals surface area (Å²) in [6.45, 7) is 3.42. The van der Waals surface area contributed by atoms with Crippen LogP contribution in [0.25, 0.3) is 21.8 Å². The molecule has 0 bridgehead atoms. The quantitative estimate of drug-likeness (QED) is 0.354. The molecule has 1 aliphatic carbocycles. The van der Waals surface area contributed by atoms with E-state index < -0.39 is 27.3 Å². The number of H-pyrrole nitrogens is 1. The molecule has 0 aliphatic heterocycles. The van der Waals surface area contributed by atoms with E-state index in [0.717, 1.165) is 18.9 Å². The molecule has 3 N–H and O–H groups in total. The molecule has 1 fully saturated rings. The first-order valence-corrected chi connectivity index (χ1v) is 12.7. The zero-order chi connectivity index (χ0) is 25.0. The van der Waals surface area contributed by atoms with Gasteiger partial charge in [-0.3, -0.25) is 9.59 Å². The fourth-order valence-electron chi connectivity index (χ4n) is 4.08. The zero-order valence-electron chi connectivity index (χ0n) is 19.2. The van der Waals surface area contributed by atoms with Gasteiger partial charge in [-0.15, -0.1) is 0 Å². The lowest BCUT2D eigenvalue weighted by Gasteiger charge is -2.27. The molecule has 0 radical (unpaired) electrons. The highest BCUT2D eigenvalue weighted by atomic mass is 32.2. The van der Waals surface area contributed by atoms with Crippen LogP contribution in [0.15, 0.2) is 70.4 Å². The third-order valence-corrected chi connectivity index (χ3v) is 7.75. The number of para-hydroxylation sites is 1. The van der Waals surface area contributed by atoms with E-state index in [2.05, 4.69) is 15.0 Å². The number of hydrogen-bond donors (Lipinski definition) is 3. The lowest BCUT2D eigenvalue weighted by atomic mass is 9.93. The van der Waals surface area contributed by atoms with Crippen LogP contribution in [0.1, 0.15) is 42.6 Å². The van der Waals surface area contributed by atoms with Gasteiger partial charge in [-0.1, -0.05) is 24.3 Å². The number of rotatable bonds is 6. The van der Waals surface area contributed by atoms with Crippen LogP contribution >= 0.6 is 0 Å². The van der Waals surface area contributed by atoms with Crippen molar-refractivity contribution < 1.29 is 17.6 Å². The van der Waals surface area contributed by atoms with Gasteiger partial charge in [0, 0.05) is 22.3 Å². The highest BCUT2D eigenvalue weighted by molar-refractivity contribution is 7.89. The van der Waals surface area contributed by atoms with E-state index in [1.54, 1.807) is 50.2 Å². The first-order valence-electron chi connectivity index (χ1n) is 11.2. The van der Waals surface area contributed by atoms with Crippen molar-refractivity contribution in [2.24, 2.45) is 0 Å². The van der Waals surface area contributed by atoms with Gasteiger partial charge in [0.2, 0.25) is 10.0 Å². The van der Waals surface area contributed by atoms with Crippen LogP contribution < -0.4 is 15.5 Å². The van der Waals surface area contributed by atoms with E-state index in [1.165, 1.54) is 18.2 Å². The van der Waals surface area contributed by atoms with Crippen LogP contribution in [0.4, 0.5) is 4.39 Å². The van der Waals surface area contributed by atoms with E-state index in [9.17, 15) is 22.4 Å². The minimum Gasteiger partial charge on any atom is -0.354 e. The Kier molecular flexibility index (Phi) is 5.49. The first-order chi connectivity index (χ1) is 16.5. The van der Waals surface area contributed by atoms with Gasteiger partial charge in [-0.2, -0.15) is 0 Å². The molecule has 7 nitrogen and oxygen atoms in total. The Bertz CT molecular complexity index is 1660. The molecule has 1 amide bonds. The van der Waals surface area contributed by atoms with Gasteiger partial charge in [0.05, 0.1) is 21.5 Å². The lowest BCUT2D eigenvalue weighted by molar-refractivity contribution is 0.0908. The molecule has 180 valence electrons. The number of fused-ring (bicyclic) bond motifs is 2. The summed E-state index contributed by atoms with van der Waals surface area (Å²) in [6, 6.07) is 15.6. The average molecular weight is 494 g/mol. The van der Waals surface area contributed by atoms with E-state index in [1.807, 2.05) is 0 Å². The number of aromatic amines is 1. The van der Waals surface area contributed by atoms with Gasteiger partial charge >= 0.3 is 0 Å². The molecule has 0 spiro atoms. The molecule has 1 saturated carbocycles.